The molecule has 44 heavy (non-hydrogen) atoms. The van der Waals surface area contributed by atoms with E-state index in [1.807, 2.05) is 0 Å². The van der Waals surface area contributed by atoms with E-state index >= 15 is 8.78 Å². The van der Waals surface area contributed by atoms with Gasteiger partial charge in [0.1, 0.15) is 12.6 Å². The minimum absolute atomic E-state index is 0.0682. The number of amides is 1. The van der Waals surface area contributed by atoms with Gasteiger partial charge in [-0.3, -0.25) is 9.69 Å². The Morgan fingerprint density at radius 3 is 2.41 bits per heavy atom. The van der Waals surface area contributed by atoms with Crippen molar-refractivity contribution < 1.29 is 41.7 Å². The number of aliphatic hydroxyl groups is 1. The molecule has 0 bridgehead atoms. The van der Waals surface area contributed by atoms with E-state index < -0.39 is 64.8 Å². The molecule has 0 fully saturated rings. The van der Waals surface area contributed by atoms with Crippen LogP contribution in [0.3, 0.4) is 0 Å². The summed E-state index contributed by atoms with van der Waals surface area (Å²) in [6.45, 7) is -1.98. The third-order valence-corrected chi connectivity index (χ3v) is 9.27. The summed E-state index contributed by atoms with van der Waals surface area (Å²) in [5.41, 5.74) is -3.46. The van der Waals surface area contributed by atoms with Crippen LogP contribution in [0.4, 0.5) is 19.3 Å². The number of anilines is 1. The lowest BCUT2D eigenvalue weighted by Crippen LogP contribution is -2.51. The highest BCUT2D eigenvalue weighted by atomic mass is 35.5. The second kappa shape index (κ2) is 12.1. The van der Waals surface area contributed by atoms with Crippen LogP contribution in [-0.4, -0.2) is 55.8 Å². The van der Waals surface area contributed by atoms with E-state index in [2.05, 4.69) is 4.72 Å². The molecule has 1 aliphatic rings. The van der Waals surface area contributed by atoms with Gasteiger partial charge in [-0.25, -0.2) is 22.0 Å². The number of sulfonamides is 1. The maximum atomic E-state index is 15.6. The lowest BCUT2D eigenvalue weighted by molar-refractivity contribution is -0.214. The molecule has 0 saturated carbocycles. The molecule has 1 aliphatic heterocycles. The summed E-state index contributed by atoms with van der Waals surface area (Å²) >= 11 is 6.05. The molecule has 5 rings (SSSR count). The normalized spacial score (nSPS) is 18.7. The minimum atomic E-state index is -4.36. The van der Waals surface area contributed by atoms with Crippen LogP contribution in [0, 0.1) is 0 Å². The summed E-state index contributed by atoms with van der Waals surface area (Å²) in [6.07, 6.45) is -2.83. The number of esters is 1. The second-order valence-corrected chi connectivity index (χ2v) is 12.5. The standard InChI is InChI=1S/C31H27ClF2N2O7S/c32-22-13-14-26-24(18-22)30(40,31(33,34)15-16-36(26)29(38)39)19-43-28(37)25(17-20-7-2-1-3-8-20)35-44(41,42)27-12-6-10-21-9-4-5-11-23(21)27/h1-14,18,25,35,40H,15-17,19H2,(H,38,39)/t25?,30-/m1/s1. The third kappa shape index (κ3) is 6.11. The number of benzene rings is 4. The van der Waals surface area contributed by atoms with Gasteiger partial charge < -0.3 is 14.9 Å². The van der Waals surface area contributed by atoms with E-state index in [4.69, 9.17) is 16.3 Å². The second-order valence-electron chi connectivity index (χ2n) is 10.4. The fraction of sp³-hybridized carbons (Fsp3) is 0.226. The Morgan fingerprint density at radius 2 is 1.68 bits per heavy atom. The molecule has 1 amide bonds. The van der Waals surface area contributed by atoms with Gasteiger partial charge in [0.05, 0.1) is 10.6 Å². The monoisotopic (exact) mass is 644 g/mol. The van der Waals surface area contributed by atoms with Gasteiger partial charge in [-0.1, -0.05) is 78.3 Å². The van der Waals surface area contributed by atoms with Gasteiger partial charge in [0.15, 0.2) is 5.60 Å². The first kappa shape index (κ1) is 31.3. The van der Waals surface area contributed by atoms with Gasteiger partial charge in [-0.2, -0.15) is 4.72 Å². The van der Waals surface area contributed by atoms with Crippen LogP contribution >= 0.6 is 11.6 Å². The van der Waals surface area contributed by atoms with Gasteiger partial charge in [-0.05, 0) is 41.6 Å². The summed E-state index contributed by atoms with van der Waals surface area (Å²) in [5, 5.41) is 22.1. The molecule has 0 aromatic heterocycles. The van der Waals surface area contributed by atoms with Crippen molar-refractivity contribution in [3.05, 3.63) is 107 Å². The molecule has 0 saturated heterocycles. The minimum Gasteiger partial charge on any atom is -0.465 e. The molecular formula is C31H27ClF2N2O7S. The van der Waals surface area contributed by atoms with Crippen molar-refractivity contribution in [2.75, 3.05) is 18.1 Å². The van der Waals surface area contributed by atoms with Crippen LogP contribution in [0.25, 0.3) is 10.8 Å². The predicted octanol–water partition coefficient (Wildman–Crippen LogP) is 5.34. The first-order valence-electron chi connectivity index (χ1n) is 13.4. The number of nitrogens with one attached hydrogen (secondary N) is 1. The molecule has 1 heterocycles. The molecule has 0 radical (unpaired) electrons. The Bertz CT molecular complexity index is 1820. The number of halogens is 3. The maximum absolute atomic E-state index is 15.6. The summed E-state index contributed by atoms with van der Waals surface area (Å²) in [4.78, 5) is 25.9. The van der Waals surface area contributed by atoms with Crippen molar-refractivity contribution in [3.63, 3.8) is 0 Å². The lowest BCUT2D eigenvalue weighted by atomic mass is 9.86. The van der Waals surface area contributed by atoms with Crippen LogP contribution in [0.15, 0.2) is 95.9 Å². The number of fused-ring (bicyclic) bond motifs is 2. The maximum Gasteiger partial charge on any atom is 0.411 e. The quantitative estimate of drug-likeness (QED) is 0.221. The zero-order valence-electron chi connectivity index (χ0n) is 23.0. The average molecular weight is 645 g/mol. The Labute approximate surface area is 256 Å². The zero-order valence-corrected chi connectivity index (χ0v) is 24.6. The van der Waals surface area contributed by atoms with Crippen molar-refractivity contribution in [1.82, 2.24) is 4.72 Å². The Hall–Kier alpha value is -4.10. The number of carbonyl (C=O) groups excluding carboxylic acids is 1. The van der Waals surface area contributed by atoms with Crippen molar-refractivity contribution >= 4 is 50.1 Å². The van der Waals surface area contributed by atoms with E-state index in [0.717, 1.165) is 6.07 Å². The van der Waals surface area contributed by atoms with Crippen LogP contribution in [0.5, 0.6) is 0 Å². The van der Waals surface area contributed by atoms with Crippen molar-refractivity contribution in [1.29, 1.82) is 0 Å². The van der Waals surface area contributed by atoms with Crippen molar-refractivity contribution in [2.24, 2.45) is 0 Å². The highest BCUT2D eigenvalue weighted by Crippen LogP contribution is 2.47. The first-order chi connectivity index (χ1) is 20.8. The molecule has 2 atom stereocenters. The molecule has 1 unspecified atom stereocenters. The van der Waals surface area contributed by atoms with Gasteiger partial charge >= 0.3 is 12.1 Å². The molecule has 4 aromatic rings. The molecule has 13 heteroatoms. The number of hydrogen-bond donors (Lipinski definition) is 3. The number of carbonyl (C=O) groups is 2. The van der Waals surface area contributed by atoms with Gasteiger partial charge in [0, 0.05) is 28.9 Å². The van der Waals surface area contributed by atoms with Gasteiger partial charge in [0.25, 0.3) is 5.92 Å². The fourth-order valence-electron chi connectivity index (χ4n) is 5.21. The molecule has 0 aliphatic carbocycles. The lowest BCUT2D eigenvalue weighted by Gasteiger charge is -2.35. The van der Waals surface area contributed by atoms with E-state index in [9.17, 15) is 28.2 Å². The molecule has 4 aromatic carbocycles. The average Bonchev–Trinajstić information content (AvgIpc) is 3.07. The molecule has 0 spiro atoms. The smallest absolute Gasteiger partial charge is 0.411 e. The van der Waals surface area contributed by atoms with Crippen molar-refractivity contribution in [3.8, 4) is 0 Å². The largest absolute Gasteiger partial charge is 0.465 e. The van der Waals surface area contributed by atoms with Crippen LogP contribution in [-0.2, 0) is 31.6 Å². The third-order valence-electron chi connectivity index (χ3n) is 7.51. The Kier molecular flexibility index (Phi) is 8.63. The highest BCUT2D eigenvalue weighted by Gasteiger charge is 2.58. The van der Waals surface area contributed by atoms with Gasteiger partial charge in [-0.15, -0.1) is 0 Å². The van der Waals surface area contributed by atoms with Crippen LogP contribution in [0.1, 0.15) is 17.5 Å². The van der Waals surface area contributed by atoms with E-state index in [1.54, 1.807) is 66.7 Å². The van der Waals surface area contributed by atoms with E-state index in [0.29, 0.717) is 21.2 Å². The molecule has 230 valence electrons. The molecule has 9 nitrogen and oxygen atoms in total. The predicted molar refractivity (Wildman–Crippen MR) is 159 cm³/mol. The number of nitrogens with zero attached hydrogens (tertiary/aromatic N) is 1. The highest BCUT2D eigenvalue weighted by molar-refractivity contribution is 7.89. The SMILES string of the molecule is O=C(OC[C@@]1(O)c2cc(Cl)ccc2N(C(=O)O)CCC1(F)F)C(Cc1ccccc1)NS(=O)(=O)c1cccc2ccccc12. The van der Waals surface area contributed by atoms with Gasteiger partial charge in [0.2, 0.25) is 10.0 Å². The van der Waals surface area contributed by atoms with Crippen LogP contribution < -0.4 is 9.62 Å². The Balaban J connectivity index is 1.49. The van der Waals surface area contributed by atoms with E-state index in [1.165, 1.54) is 18.2 Å². The zero-order chi connectivity index (χ0) is 31.7. The summed E-state index contributed by atoms with van der Waals surface area (Å²) in [6, 6.07) is 21.7. The molecular weight excluding hydrogens is 618 g/mol. The summed E-state index contributed by atoms with van der Waals surface area (Å²) in [5.74, 6) is -5.21. The number of carboxylic acid groups (broad SMARTS) is 1. The van der Waals surface area contributed by atoms with Crippen molar-refractivity contribution in [2.45, 2.75) is 35.3 Å². The van der Waals surface area contributed by atoms with Crippen LogP contribution in [0.2, 0.25) is 5.02 Å². The number of hydrogen-bond acceptors (Lipinski definition) is 6. The number of alkyl halides is 2. The molecule has 3 N–H and O–H groups in total. The Morgan fingerprint density at radius 1 is 1.00 bits per heavy atom. The topological polar surface area (TPSA) is 133 Å². The summed E-state index contributed by atoms with van der Waals surface area (Å²) < 4.78 is 66.0. The number of ether oxygens (including phenoxy) is 1. The fourth-order valence-corrected chi connectivity index (χ4v) is 6.80. The first-order valence-corrected chi connectivity index (χ1v) is 15.3. The number of rotatable bonds is 8. The summed E-state index contributed by atoms with van der Waals surface area (Å²) in [7, 11) is -4.36. The van der Waals surface area contributed by atoms with E-state index in [-0.39, 0.29) is 22.0 Å².